The van der Waals surface area contributed by atoms with Crippen LogP contribution < -0.4 is 0 Å². The molecule has 0 amide bonds. The van der Waals surface area contributed by atoms with Crippen molar-refractivity contribution in [3.63, 3.8) is 0 Å². The molecule has 0 radical (unpaired) electrons. The van der Waals surface area contributed by atoms with Gasteiger partial charge in [0.05, 0.1) is 5.69 Å². The molecule has 3 heteroatoms. The first-order chi connectivity index (χ1) is 7.43. The van der Waals surface area contributed by atoms with Crippen LogP contribution in [0.2, 0.25) is 0 Å². The Morgan fingerprint density at radius 3 is 3.00 bits per heavy atom. The fraction of sp³-hybridized carbons (Fsp3) is 0.750. The van der Waals surface area contributed by atoms with Gasteiger partial charge in [0.25, 0.3) is 0 Å². The van der Waals surface area contributed by atoms with Gasteiger partial charge in [-0.2, -0.15) is 0 Å². The van der Waals surface area contributed by atoms with Gasteiger partial charge < -0.3 is 4.52 Å². The summed E-state index contributed by atoms with van der Waals surface area (Å²) in [6.45, 7) is 2.23. The molecule has 3 nitrogen and oxygen atoms in total. The quantitative estimate of drug-likeness (QED) is 0.760. The Hall–Kier alpha value is -0.830. The highest BCUT2D eigenvalue weighted by Gasteiger charge is 2.36. The van der Waals surface area contributed by atoms with Crippen LogP contribution >= 0.6 is 0 Å². The van der Waals surface area contributed by atoms with Crippen LogP contribution in [0.25, 0.3) is 0 Å². The smallest absolute Gasteiger partial charge is 0.124 e. The number of nitrogens with zero attached hydrogens (tertiary/aromatic N) is 2. The van der Waals surface area contributed by atoms with E-state index in [1.54, 1.807) is 6.26 Å². The van der Waals surface area contributed by atoms with Crippen molar-refractivity contribution in [2.75, 3.05) is 6.54 Å². The van der Waals surface area contributed by atoms with E-state index in [0.29, 0.717) is 0 Å². The molecule has 2 aliphatic rings. The summed E-state index contributed by atoms with van der Waals surface area (Å²) in [6.07, 6.45) is 8.71. The van der Waals surface area contributed by atoms with Gasteiger partial charge in [-0.25, -0.2) is 0 Å². The van der Waals surface area contributed by atoms with Crippen LogP contribution in [0.5, 0.6) is 0 Å². The maximum atomic E-state index is 4.89. The molecule has 1 aliphatic heterocycles. The summed E-state index contributed by atoms with van der Waals surface area (Å²) in [5.74, 6) is 0.984. The normalized spacial score (nSPS) is 28.1. The molecule has 1 saturated carbocycles. The Morgan fingerprint density at radius 1 is 1.33 bits per heavy atom. The van der Waals surface area contributed by atoms with Crippen molar-refractivity contribution in [2.24, 2.45) is 5.92 Å². The molecule has 1 aliphatic carbocycles. The van der Waals surface area contributed by atoms with Crippen molar-refractivity contribution in [3.05, 3.63) is 18.0 Å². The second-order valence-corrected chi connectivity index (χ2v) is 4.86. The zero-order chi connectivity index (χ0) is 10.1. The average molecular weight is 206 g/mol. The Balaban J connectivity index is 1.66. The van der Waals surface area contributed by atoms with Crippen LogP contribution in [-0.2, 0) is 6.54 Å². The third-order valence-electron chi connectivity index (χ3n) is 3.69. The molecule has 2 heterocycles. The number of rotatable bonds is 3. The third kappa shape index (κ3) is 2.07. The maximum Gasteiger partial charge on any atom is 0.124 e. The van der Waals surface area contributed by atoms with Gasteiger partial charge in [0.1, 0.15) is 6.26 Å². The Labute approximate surface area is 90.4 Å². The molecule has 0 bridgehead atoms. The highest BCUT2D eigenvalue weighted by molar-refractivity contribution is 4.98. The lowest BCUT2D eigenvalue weighted by molar-refractivity contribution is 0.120. The minimum atomic E-state index is 0.829. The lowest BCUT2D eigenvalue weighted by Crippen LogP contribution is -2.40. The van der Waals surface area contributed by atoms with Gasteiger partial charge in [-0.3, -0.25) is 4.90 Å². The fourth-order valence-electron chi connectivity index (χ4n) is 2.76. The number of piperidine rings is 1. The van der Waals surface area contributed by atoms with E-state index in [4.69, 9.17) is 4.52 Å². The van der Waals surface area contributed by atoms with Crippen LogP contribution in [-0.4, -0.2) is 22.6 Å². The van der Waals surface area contributed by atoms with Crippen molar-refractivity contribution in [1.29, 1.82) is 0 Å². The molecular formula is C12H18N2O. The van der Waals surface area contributed by atoms with E-state index < -0.39 is 0 Å². The van der Waals surface area contributed by atoms with Crippen molar-refractivity contribution in [2.45, 2.75) is 44.7 Å². The largest absolute Gasteiger partial charge is 0.364 e. The van der Waals surface area contributed by atoms with Crippen LogP contribution in [0, 0.1) is 5.92 Å². The first-order valence-corrected chi connectivity index (χ1v) is 6.07. The number of aromatic nitrogens is 1. The summed E-state index contributed by atoms with van der Waals surface area (Å²) in [5, 5.41) is 4.01. The summed E-state index contributed by atoms with van der Waals surface area (Å²) in [4.78, 5) is 2.61. The molecule has 0 N–H and O–H groups in total. The minimum absolute atomic E-state index is 0.829. The SMILES string of the molecule is c1cc(CN2CCCCC2C2CC2)no1. The highest BCUT2D eigenvalue weighted by atomic mass is 16.5. The van der Waals surface area contributed by atoms with Gasteiger partial charge in [-0.15, -0.1) is 0 Å². The summed E-state index contributed by atoms with van der Waals surface area (Å²) in [5.41, 5.74) is 1.09. The number of hydrogen-bond acceptors (Lipinski definition) is 3. The Bertz CT molecular complexity index is 305. The van der Waals surface area contributed by atoms with Gasteiger partial charge in [0, 0.05) is 18.7 Å². The zero-order valence-electron chi connectivity index (χ0n) is 9.06. The predicted octanol–water partition coefficient (Wildman–Crippen LogP) is 2.44. The molecule has 2 fully saturated rings. The Morgan fingerprint density at radius 2 is 2.27 bits per heavy atom. The molecule has 0 aromatic carbocycles. The minimum Gasteiger partial charge on any atom is -0.364 e. The van der Waals surface area contributed by atoms with E-state index in [-0.39, 0.29) is 0 Å². The fourth-order valence-corrected chi connectivity index (χ4v) is 2.76. The summed E-state index contributed by atoms with van der Waals surface area (Å²) >= 11 is 0. The van der Waals surface area contributed by atoms with Crippen molar-refractivity contribution in [3.8, 4) is 0 Å². The number of likely N-dealkylation sites (tertiary alicyclic amines) is 1. The van der Waals surface area contributed by atoms with E-state index >= 15 is 0 Å². The molecule has 1 saturated heterocycles. The first kappa shape index (κ1) is 9.40. The van der Waals surface area contributed by atoms with Crippen molar-refractivity contribution < 1.29 is 4.52 Å². The zero-order valence-corrected chi connectivity index (χ0v) is 9.06. The van der Waals surface area contributed by atoms with Crippen molar-refractivity contribution >= 4 is 0 Å². The molecule has 1 atom stereocenters. The lowest BCUT2D eigenvalue weighted by atomic mass is 9.98. The number of hydrogen-bond donors (Lipinski definition) is 0. The summed E-state index contributed by atoms with van der Waals surface area (Å²) in [7, 11) is 0. The molecule has 0 spiro atoms. The summed E-state index contributed by atoms with van der Waals surface area (Å²) in [6, 6.07) is 2.81. The van der Waals surface area contributed by atoms with E-state index in [2.05, 4.69) is 10.1 Å². The highest BCUT2D eigenvalue weighted by Crippen LogP contribution is 2.39. The predicted molar refractivity (Wildman–Crippen MR) is 57.3 cm³/mol. The molecule has 3 rings (SSSR count). The molecule has 1 unspecified atom stereocenters. The van der Waals surface area contributed by atoms with Gasteiger partial charge in [0.15, 0.2) is 0 Å². The van der Waals surface area contributed by atoms with Gasteiger partial charge >= 0.3 is 0 Å². The molecule has 82 valence electrons. The van der Waals surface area contributed by atoms with E-state index in [1.165, 1.54) is 38.6 Å². The standard InChI is InChI=1S/C12H18N2O/c1-2-7-14(9-11-6-8-15-13-11)12(3-1)10-4-5-10/h6,8,10,12H,1-5,7,9H2. The first-order valence-electron chi connectivity index (χ1n) is 6.07. The second-order valence-electron chi connectivity index (χ2n) is 4.86. The van der Waals surface area contributed by atoms with E-state index in [9.17, 15) is 0 Å². The van der Waals surface area contributed by atoms with Crippen LogP contribution in [0.1, 0.15) is 37.8 Å². The monoisotopic (exact) mass is 206 g/mol. The topological polar surface area (TPSA) is 29.3 Å². The van der Waals surface area contributed by atoms with Gasteiger partial charge in [0.2, 0.25) is 0 Å². The van der Waals surface area contributed by atoms with E-state index in [0.717, 1.165) is 24.2 Å². The van der Waals surface area contributed by atoms with Gasteiger partial charge in [-0.1, -0.05) is 11.6 Å². The third-order valence-corrected chi connectivity index (χ3v) is 3.69. The average Bonchev–Trinajstić information content (AvgIpc) is 2.99. The van der Waals surface area contributed by atoms with Gasteiger partial charge in [-0.05, 0) is 38.1 Å². The van der Waals surface area contributed by atoms with Crippen LogP contribution in [0.15, 0.2) is 16.9 Å². The molecular weight excluding hydrogens is 188 g/mol. The van der Waals surface area contributed by atoms with Crippen LogP contribution in [0.3, 0.4) is 0 Å². The maximum absolute atomic E-state index is 4.89. The summed E-state index contributed by atoms with van der Waals surface area (Å²) < 4.78 is 4.89. The molecule has 15 heavy (non-hydrogen) atoms. The lowest BCUT2D eigenvalue weighted by Gasteiger charge is -2.35. The molecule has 1 aromatic rings. The molecule has 1 aromatic heterocycles. The van der Waals surface area contributed by atoms with E-state index in [1.807, 2.05) is 6.07 Å². The Kier molecular flexibility index (Phi) is 2.49. The van der Waals surface area contributed by atoms with Crippen molar-refractivity contribution in [1.82, 2.24) is 10.1 Å². The second kappa shape index (κ2) is 3.97. The van der Waals surface area contributed by atoms with Crippen LogP contribution in [0.4, 0.5) is 0 Å².